The first-order chi connectivity index (χ1) is 12.6. The van der Waals surface area contributed by atoms with Crippen LogP contribution in [-0.4, -0.2) is 11.8 Å². The van der Waals surface area contributed by atoms with Crippen molar-refractivity contribution in [2.45, 2.75) is 13.0 Å². The highest BCUT2D eigenvalue weighted by atomic mass is 16.2. The number of benzene rings is 3. The first-order valence-corrected chi connectivity index (χ1v) is 8.46. The van der Waals surface area contributed by atoms with Crippen LogP contribution in [0.2, 0.25) is 0 Å². The number of hydrogen-bond acceptors (Lipinski definition) is 2. The Morgan fingerprint density at radius 3 is 2.04 bits per heavy atom. The van der Waals surface area contributed by atoms with E-state index in [4.69, 9.17) is 0 Å². The molecule has 2 N–H and O–H groups in total. The van der Waals surface area contributed by atoms with Gasteiger partial charge in [0.2, 0.25) is 0 Å². The van der Waals surface area contributed by atoms with E-state index in [1.165, 1.54) is 0 Å². The lowest BCUT2D eigenvalue weighted by molar-refractivity contribution is 0.0938. The van der Waals surface area contributed by atoms with Crippen molar-refractivity contribution in [1.82, 2.24) is 5.32 Å². The van der Waals surface area contributed by atoms with Crippen molar-refractivity contribution >= 4 is 17.5 Å². The van der Waals surface area contributed by atoms with Gasteiger partial charge in [-0.25, -0.2) is 0 Å². The van der Waals surface area contributed by atoms with Gasteiger partial charge in [0.25, 0.3) is 11.8 Å². The van der Waals surface area contributed by atoms with E-state index in [0.717, 1.165) is 5.56 Å². The Kier molecular flexibility index (Phi) is 5.44. The minimum atomic E-state index is -0.208. The average Bonchev–Trinajstić information content (AvgIpc) is 2.69. The quantitative estimate of drug-likeness (QED) is 0.719. The molecule has 0 aliphatic carbocycles. The molecule has 3 aromatic rings. The zero-order valence-electron chi connectivity index (χ0n) is 14.5. The second-order valence-corrected chi connectivity index (χ2v) is 6.01. The second kappa shape index (κ2) is 8.12. The van der Waals surface area contributed by atoms with Crippen LogP contribution in [0.15, 0.2) is 84.9 Å². The van der Waals surface area contributed by atoms with E-state index < -0.39 is 0 Å². The SMILES string of the molecule is CC(NC(=O)c1cccc(NC(=O)c2ccccc2)c1)c1ccccc1. The Hall–Kier alpha value is -3.40. The summed E-state index contributed by atoms with van der Waals surface area (Å²) < 4.78 is 0. The van der Waals surface area contributed by atoms with E-state index in [2.05, 4.69) is 10.6 Å². The number of carbonyl (C=O) groups is 2. The number of carbonyl (C=O) groups excluding carboxylic acids is 2. The minimum Gasteiger partial charge on any atom is -0.346 e. The van der Waals surface area contributed by atoms with Gasteiger partial charge < -0.3 is 10.6 Å². The van der Waals surface area contributed by atoms with Crippen LogP contribution in [0.3, 0.4) is 0 Å². The molecule has 0 spiro atoms. The molecule has 0 fully saturated rings. The molecule has 0 bridgehead atoms. The molecule has 2 amide bonds. The van der Waals surface area contributed by atoms with Crippen LogP contribution < -0.4 is 10.6 Å². The highest BCUT2D eigenvalue weighted by Gasteiger charge is 2.12. The van der Waals surface area contributed by atoms with Crippen molar-refractivity contribution in [3.8, 4) is 0 Å². The Labute approximate surface area is 152 Å². The molecule has 0 aliphatic heterocycles. The zero-order valence-corrected chi connectivity index (χ0v) is 14.5. The average molecular weight is 344 g/mol. The Balaban J connectivity index is 1.68. The summed E-state index contributed by atoms with van der Waals surface area (Å²) in [5.41, 5.74) is 2.69. The first kappa shape index (κ1) is 17.4. The first-order valence-electron chi connectivity index (χ1n) is 8.46. The molecule has 26 heavy (non-hydrogen) atoms. The number of amides is 2. The molecule has 4 heteroatoms. The van der Waals surface area contributed by atoms with Gasteiger partial charge in [0.15, 0.2) is 0 Å². The third kappa shape index (κ3) is 4.36. The molecule has 0 aliphatic rings. The molecule has 0 aromatic heterocycles. The maximum absolute atomic E-state index is 12.5. The number of hydrogen-bond donors (Lipinski definition) is 2. The summed E-state index contributed by atoms with van der Waals surface area (Å²) >= 11 is 0. The highest BCUT2D eigenvalue weighted by molar-refractivity contribution is 6.05. The van der Waals surface area contributed by atoms with Crippen LogP contribution in [0.5, 0.6) is 0 Å². The van der Waals surface area contributed by atoms with Crippen molar-refractivity contribution < 1.29 is 9.59 Å². The van der Waals surface area contributed by atoms with Gasteiger partial charge >= 0.3 is 0 Å². The van der Waals surface area contributed by atoms with Crippen molar-refractivity contribution in [2.75, 3.05) is 5.32 Å². The van der Waals surface area contributed by atoms with Crippen LogP contribution >= 0.6 is 0 Å². The van der Waals surface area contributed by atoms with Gasteiger partial charge in [0.05, 0.1) is 6.04 Å². The summed E-state index contributed by atoms with van der Waals surface area (Å²) in [7, 11) is 0. The Morgan fingerprint density at radius 1 is 0.731 bits per heavy atom. The minimum absolute atomic E-state index is 0.105. The lowest BCUT2D eigenvalue weighted by Crippen LogP contribution is -2.26. The van der Waals surface area contributed by atoms with Gasteiger partial charge in [0.1, 0.15) is 0 Å². The van der Waals surface area contributed by atoms with E-state index in [1.807, 2.05) is 55.5 Å². The summed E-state index contributed by atoms with van der Waals surface area (Å²) in [5, 5.41) is 5.79. The molecule has 3 rings (SSSR count). The summed E-state index contributed by atoms with van der Waals surface area (Å²) in [6, 6.07) is 25.5. The van der Waals surface area contributed by atoms with Crippen molar-refractivity contribution in [1.29, 1.82) is 0 Å². The van der Waals surface area contributed by atoms with Crippen LogP contribution in [0, 0.1) is 0 Å². The third-order valence-electron chi connectivity index (χ3n) is 4.07. The predicted octanol–water partition coefficient (Wildman–Crippen LogP) is 4.43. The summed E-state index contributed by atoms with van der Waals surface area (Å²) in [6.45, 7) is 1.94. The fraction of sp³-hybridized carbons (Fsp3) is 0.0909. The van der Waals surface area contributed by atoms with Crippen LogP contribution in [0.1, 0.15) is 39.2 Å². The lowest BCUT2D eigenvalue weighted by atomic mass is 10.1. The molecule has 0 radical (unpaired) electrons. The van der Waals surface area contributed by atoms with Crippen molar-refractivity contribution in [3.05, 3.63) is 102 Å². The van der Waals surface area contributed by atoms with Gasteiger partial charge in [-0.3, -0.25) is 9.59 Å². The maximum atomic E-state index is 12.5. The van der Waals surface area contributed by atoms with E-state index in [-0.39, 0.29) is 17.9 Å². The highest BCUT2D eigenvalue weighted by Crippen LogP contribution is 2.15. The fourth-order valence-corrected chi connectivity index (χ4v) is 2.64. The second-order valence-electron chi connectivity index (χ2n) is 6.01. The third-order valence-corrected chi connectivity index (χ3v) is 4.07. The van der Waals surface area contributed by atoms with Gasteiger partial charge in [-0.1, -0.05) is 54.6 Å². The molecule has 1 unspecified atom stereocenters. The number of nitrogens with one attached hydrogen (secondary N) is 2. The largest absolute Gasteiger partial charge is 0.346 e. The van der Waals surface area contributed by atoms with E-state index in [0.29, 0.717) is 16.8 Å². The molecule has 1 atom stereocenters. The van der Waals surface area contributed by atoms with E-state index in [1.54, 1.807) is 36.4 Å². The summed E-state index contributed by atoms with van der Waals surface area (Å²) in [4.78, 5) is 24.8. The van der Waals surface area contributed by atoms with Crippen molar-refractivity contribution in [3.63, 3.8) is 0 Å². The maximum Gasteiger partial charge on any atom is 0.255 e. The lowest BCUT2D eigenvalue weighted by Gasteiger charge is -2.15. The van der Waals surface area contributed by atoms with Crippen molar-refractivity contribution in [2.24, 2.45) is 0 Å². The molecule has 0 heterocycles. The van der Waals surface area contributed by atoms with Gasteiger partial charge in [-0.15, -0.1) is 0 Å². The monoisotopic (exact) mass is 344 g/mol. The van der Waals surface area contributed by atoms with Crippen LogP contribution in [-0.2, 0) is 0 Å². The molecule has 0 saturated carbocycles. The Bertz CT molecular complexity index is 892. The molecular formula is C22H20N2O2. The molecule has 3 aromatic carbocycles. The van der Waals surface area contributed by atoms with Crippen LogP contribution in [0.4, 0.5) is 5.69 Å². The van der Waals surface area contributed by atoms with E-state index in [9.17, 15) is 9.59 Å². The standard InChI is InChI=1S/C22H20N2O2/c1-16(17-9-4-2-5-10-17)23-22(26)19-13-8-14-20(15-19)24-21(25)18-11-6-3-7-12-18/h2-16H,1H3,(H,23,26)(H,24,25). The topological polar surface area (TPSA) is 58.2 Å². The molecular weight excluding hydrogens is 324 g/mol. The summed E-state index contributed by atoms with van der Waals surface area (Å²) in [6.07, 6.45) is 0. The number of anilines is 1. The van der Waals surface area contributed by atoms with E-state index >= 15 is 0 Å². The summed E-state index contributed by atoms with van der Waals surface area (Å²) in [5.74, 6) is -0.391. The van der Waals surface area contributed by atoms with Gasteiger partial charge in [-0.05, 0) is 42.8 Å². The zero-order chi connectivity index (χ0) is 18.4. The Morgan fingerprint density at radius 2 is 1.35 bits per heavy atom. The number of rotatable bonds is 5. The van der Waals surface area contributed by atoms with Gasteiger partial charge in [-0.2, -0.15) is 0 Å². The molecule has 0 saturated heterocycles. The smallest absolute Gasteiger partial charge is 0.255 e. The predicted molar refractivity (Wildman–Crippen MR) is 103 cm³/mol. The van der Waals surface area contributed by atoms with Crippen LogP contribution in [0.25, 0.3) is 0 Å². The normalized spacial score (nSPS) is 11.4. The van der Waals surface area contributed by atoms with Gasteiger partial charge in [0, 0.05) is 16.8 Å². The molecule has 130 valence electrons. The fourth-order valence-electron chi connectivity index (χ4n) is 2.64. The molecule has 4 nitrogen and oxygen atoms in total.